The number of carbonyl (C=O) groups is 2. The lowest BCUT2D eigenvalue weighted by molar-refractivity contribution is -0.136. The summed E-state index contributed by atoms with van der Waals surface area (Å²) in [4.78, 5) is 38.3. The van der Waals surface area contributed by atoms with Crippen LogP contribution in [0.2, 0.25) is 0 Å². The maximum Gasteiger partial charge on any atom is 0.330 e. The Labute approximate surface area is 256 Å². The van der Waals surface area contributed by atoms with E-state index in [0.717, 1.165) is 62.0 Å². The molecular weight excluding hydrogens is 560 g/mol. The molecule has 1 amide bonds. The summed E-state index contributed by atoms with van der Waals surface area (Å²) in [6.45, 7) is 6.50. The molecule has 9 heteroatoms. The largest absolute Gasteiger partial charge is 0.466 e. The van der Waals surface area contributed by atoms with Crippen LogP contribution in [0.3, 0.4) is 0 Å². The molecule has 1 aromatic carbocycles. The van der Waals surface area contributed by atoms with Crippen molar-refractivity contribution in [3.63, 3.8) is 0 Å². The lowest BCUT2D eigenvalue weighted by Crippen LogP contribution is -2.42. The fraction of sp³-hybridized carbons (Fsp3) is 0.412. The predicted octanol–water partition coefficient (Wildman–Crippen LogP) is 6.54. The van der Waals surface area contributed by atoms with Gasteiger partial charge in [0.1, 0.15) is 6.54 Å². The van der Waals surface area contributed by atoms with Crippen molar-refractivity contribution in [3.8, 4) is 21.8 Å². The van der Waals surface area contributed by atoms with Gasteiger partial charge in [0.15, 0.2) is 0 Å². The molecule has 0 radical (unpaired) electrons. The molecule has 1 saturated carbocycles. The molecule has 0 spiro atoms. The normalized spacial score (nSPS) is 16.3. The number of rotatable bonds is 7. The Morgan fingerprint density at radius 3 is 2.56 bits per heavy atom. The SMILES string of the molecule is COC(=O)C=Cc1cc(C2CCCCC2)c(-c2ccc3nc(-c4sc(C)nc4C)ccc3c2)n1CC(=O)N1CCOCC1. The number of hydrogen-bond acceptors (Lipinski definition) is 7. The van der Waals surface area contributed by atoms with E-state index in [1.807, 2.05) is 18.7 Å². The number of hydrogen-bond donors (Lipinski definition) is 0. The molecule has 8 nitrogen and oxygen atoms in total. The number of amides is 1. The number of methoxy groups -OCH3 is 1. The summed E-state index contributed by atoms with van der Waals surface area (Å²) in [5, 5.41) is 2.07. The highest BCUT2D eigenvalue weighted by molar-refractivity contribution is 7.15. The van der Waals surface area contributed by atoms with Gasteiger partial charge < -0.3 is 18.9 Å². The first kappa shape index (κ1) is 29.3. The van der Waals surface area contributed by atoms with Gasteiger partial charge in [0.2, 0.25) is 5.91 Å². The van der Waals surface area contributed by atoms with Crippen molar-refractivity contribution in [1.29, 1.82) is 0 Å². The molecule has 1 aliphatic heterocycles. The molecule has 4 heterocycles. The molecule has 2 aliphatic rings. The minimum Gasteiger partial charge on any atom is -0.466 e. The Bertz CT molecular complexity index is 1680. The van der Waals surface area contributed by atoms with Crippen LogP contribution in [0, 0.1) is 13.8 Å². The third kappa shape index (κ3) is 6.28. The highest BCUT2D eigenvalue weighted by Gasteiger charge is 2.27. The van der Waals surface area contributed by atoms with Gasteiger partial charge in [0.05, 0.1) is 52.8 Å². The Morgan fingerprint density at radius 2 is 1.84 bits per heavy atom. The van der Waals surface area contributed by atoms with E-state index in [9.17, 15) is 9.59 Å². The monoisotopic (exact) mass is 598 g/mol. The third-order valence-corrected chi connectivity index (χ3v) is 9.65. The number of esters is 1. The molecule has 0 unspecified atom stereocenters. The zero-order valence-corrected chi connectivity index (χ0v) is 25.9. The second kappa shape index (κ2) is 12.8. The second-order valence-corrected chi connectivity index (χ2v) is 12.6. The first-order valence-electron chi connectivity index (χ1n) is 15.1. The summed E-state index contributed by atoms with van der Waals surface area (Å²) in [6.07, 6.45) is 9.07. The van der Waals surface area contributed by atoms with Gasteiger partial charge in [0, 0.05) is 30.2 Å². The fourth-order valence-electron chi connectivity index (χ4n) is 6.38. The molecule has 43 heavy (non-hydrogen) atoms. The van der Waals surface area contributed by atoms with Crippen LogP contribution in [0.1, 0.15) is 60.0 Å². The molecule has 1 saturated heterocycles. The lowest BCUT2D eigenvalue weighted by atomic mass is 9.83. The molecule has 224 valence electrons. The van der Waals surface area contributed by atoms with E-state index >= 15 is 0 Å². The Morgan fingerprint density at radius 1 is 1.05 bits per heavy atom. The van der Waals surface area contributed by atoms with E-state index in [1.165, 1.54) is 38.0 Å². The molecule has 0 atom stereocenters. The van der Waals surface area contributed by atoms with Gasteiger partial charge in [-0.15, -0.1) is 11.3 Å². The standard InChI is InChI=1S/C34H38N4O4S/c1-22-34(43-23(2)35-22)30-13-9-25-19-26(10-12-29(25)36-30)33-28(24-7-5-4-6-8-24)20-27(11-14-32(40)41-3)38(33)21-31(39)37-15-17-42-18-16-37/h9-14,19-20,24H,4-8,15-18,21H2,1-3H3. The number of thiazole rings is 1. The van der Waals surface area contributed by atoms with Crippen LogP contribution in [0.15, 0.2) is 42.5 Å². The Kier molecular flexibility index (Phi) is 8.72. The average molecular weight is 599 g/mol. The van der Waals surface area contributed by atoms with E-state index in [-0.39, 0.29) is 12.5 Å². The van der Waals surface area contributed by atoms with Crippen molar-refractivity contribution in [2.75, 3.05) is 33.4 Å². The Balaban J connectivity index is 1.46. The van der Waals surface area contributed by atoms with Crippen LogP contribution in [0.25, 0.3) is 38.8 Å². The van der Waals surface area contributed by atoms with Crippen LogP contribution >= 0.6 is 11.3 Å². The summed E-state index contributed by atoms with van der Waals surface area (Å²) in [6, 6.07) is 12.8. The van der Waals surface area contributed by atoms with E-state index < -0.39 is 5.97 Å². The summed E-state index contributed by atoms with van der Waals surface area (Å²) in [7, 11) is 1.37. The van der Waals surface area contributed by atoms with Gasteiger partial charge in [-0.3, -0.25) is 4.79 Å². The van der Waals surface area contributed by atoms with Crippen LogP contribution in [0.4, 0.5) is 0 Å². The summed E-state index contributed by atoms with van der Waals surface area (Å²) in [5.41, 5.74) is 6.99. The quantitative estimate of drug-likeness (QED) is 0.177. The first-order chi connectivity index (χ1) is 20.9. The van der Waals surface area contributed by atoms with Crippen molar-refractivity contribution in [2.24, 2.45) is 0 Å². The van der Waals surface area contributed by atoms with Gasteiger partial charge in [-0.2, -0.15) is 0 Å². The maximum absolute atomic E-state index is 13.6. The van der Waals surface area contributed by atoms with Crippen molar-refractivity contribution >= 4 is 40.2 Å². The molecule has 1 aliphatic carbocycles. The zero-order chi connectivity index (χ0) is 29.9. The number of aromatic nitrogens is 3. The molecular formula is C34H38N4O4S. The van der Waals surface area contributed by atoms with Gasteiger partial charge >= 0.3 is 5.97 Å². The summed E-state index contributed by atoms with van der Waals surface area (Å²) in [5.74, 6) is 0.0138. The van der Waals surface area contributed by atoms with Crippen LogP contribution in [-0.2, 0) is 25.6 Å². The van der Waals surface area contributed by atoms with E-state index in [2.05, 4.69) is 45.9 Å². The average Bonchev–Trinajstić information content (AvgIpc) is 3.58. The van der Waals surface area contributed by atoms with Crippen molar-refractivity contribution in [2.45, 2.75) is 58.4 Å². The topological polar surface area (TPSA) is 86.5 Å². The first-order valence-corrected chi connectivity index (χ1v) is 15.9. The maximum atomic E-state index is 13.6. The zero-order valence-electron chi connectivity index (χ0n) is 25.1. The molecule has 2 fully saturated rings. The van der Waals surface area contributed by atoms with Crippen LogP contribution in [0.5, 0.6) is 0 Å². The van der Waals surface area contributed by atoms with Gasteiger partial charge in [-0.25, -0.2) is 14.8 Å². The van der Waals surface area contributed by atoms with Gasteiger partial charge in [-0.05, 0) is 74.1 Å². The highest BCUT2D eigenvalue weighted by Crippen LogP contribution is 2.41. The summed E-state index contributed by atoms with van der Waals surface area (Å²) >= 11 is 1.66. The van der Waals surface area contributed by atoms with E-state index in [0.29, 0.717) is 32.2 Å². The molecule has 4 aromatic rings. The number of benzene rings is 1. The predicted molar refractivity (Wildman–Crippen MR) is 170 cm³/mol. The van der Waals surface area contributed by atoms with E-state index in [4.69, 9.17) is 14.5 Å². The summed E-state index contributed by atoms with van der Waals surface area (Å²) < 4.78 is 12.5. The minimum absolute atomic E-state index is 0.0466. The molecule has 0 N–H and O–H groups in total. The highest BCUT2D eigenvalue weighted by atomic mass is 32.1. The van der Waals surface area contributed by atoms with Gasteiger partial charge in [-0.1, -0.05) is 31.4 Å². The number of fused-ring (bicyclic) bond motifs is 1. The number of morpholine rings is 1. The van der Waals surface area contributed by atoms with Crippen LogP contribution in [-0.4, -0.2) is 64.7 Å². The van der Waals surface area contributed by atoms with Crippen LogP contribution < -0.4 is 0 Å². The van der Waals surface area contributed by atoms with Crippen molar-refractivity contribution in [1.82, 2.24) is 19.4 Å². The smallest absolute Gasteiger partial charge is 0.330 e. The molecule has 6 rings (SSSR count). The number of carbonyl (C=O) groups excluding carboxylic acids is 2. The molecule has 3 aromatic heterocycles. The van der Waals surface area contributed by atoms with E-state index in [1.54, 1.807) is 17.4 Å². The third-order valence-electron chi connectivity index (χ3n) is 8.55. The van der Waals surface area contributed by atoms with Crippen molar-refractivity contribution in [3.05, 3.63) is 64.4 Å². The lowest BCUT2D eigenvalue weighted by Gasteiger charge is -2.28. The number of nitrogens with zero attached hydrogens (tertiary/aromatic N) is 4. The Hall–Kier alpha value is -3.82. The number of ether oxygens (including phenoxy) is 2. The second-order valence-electron chi connectivity index (χ2n) is 11.4. The van der Waals surface area contributed by atoms with Gasteiger partial charge in [0.25, 0.3) is 0 Å². The van der Waals surface area contributed by atoms with Crippen molar-refractivity contribution < 1.29 is 19.1 Å². The number of aryl methyl sites for hydroxylation is 2. The number of pyridine rings is 1. The fourth-order valence-corrected chi connectivity index (χ4v) is 7.27. The molecule has 0 bridgehead atoms. The minimum atomic E-state index is -0.424.